The first kappa shape index (κ1) is 23.7. The summed E-state index contributed by atoms with van der Waals surface area (Å²) < 4.78 is 8.36. The minimum absolute atomic E-state index is 0.0361. The third-order valence-corrected chi connectivity index (χ3v) is 5.03. The molecule has 4 heterocycles. The molecule has 11 heteroatoms. The number of ether oxygens (including phenoxy) is 1. The average molecular weight is 475 g/mol. The average Bonchev–Trinajstić information content (AvgIpc) is 3.41. The number of esters is 1. The predicted molar refractivity (Wildman–Crippen MR) is 128 cm³/mol. The minimum Gasteiger partial charge on any atom is -0.452 e. The Morgan fingerprint density at radius 1 is 1.03 bits per heavy atom. The van der Waals surface area contributed by atoms with E-state index in [4.69, 9.17) is 4.74 Å². The Labute approximate surface area is 202 Å². The van der Waals surface area contributed by atoms with E-state index in [2.05, 4.69) is 30.5 Å². The number of nitrogens with one attached hydrogen (secondary N) is 1. The van der Waals surface area contributed by atoms with Gasteiger partial charge in [-0.2, -0.15) is 14.9 Å². The van der Waals surface area contributed by atoms with Gasteiger partial charge in [0.15, 0.2) is 12.4 Å². The second-order valence-electron chi connectivity index (χ2n) is 8.36. The molecular weight excluding hydrogens is 448 g/mol. The zero-order valence-electron chi connectivity index (χ0n) is 20.2. The van der Waals surface area contributed by atoms with Gasteiger partial charge in [0.1, 0.15) is 11.4 Å². The van der Waals surface area contributed by atoms with Crippen LogP contribution < -0.4 is 5.32 Å². The fourth-order valence-electron chi connectivity index (χ4n) is 3.66. The van der Waals surface area contributed by atoms with Crippen molar-refractivity contribution < 1.29 is 14.3 Å². The van der Waals surface area contributed by atoms with Gasteiger partial charge in [-0.1, -0.05) is 19.9 Å². The highest BCUT2D eigenvalue weighted by molar-refractivity contribution is 5.95. The van der Waals surface area contributed by atoms with E-state index in [0.717, 1.165) is 11.4 Å². The van der Waals surface area contributed by atoms with Crippen LogP contribution in [0.3, 0.4) is 0 Å². The normalized spacial score (nSPS) is 11.0. The van der Waals surface area contributed by atoms with Gasteiger partial charge in [-0.05, 0) is 44.9 Å². The van der Waals surface area contributed by atoms with Crippen molar-refractivity contribution in [2.75, 3.05) is 11.9 Å². The number of hydrogen-bond acceptors (Lipinski definition) is 8. The van der Waals surface area contributed by atoms with Crippen LogP contribution in [0.5, 0.6) is 0 Å². The molecule has 0 unspecified atom stereocenters. The summed E-state index contributed by atoms with van der Waals surface area (Å²) >= 11 is 0. The van der Waals surface area contributed by atoms with Crippen LogP contribution in [-0.2, 0) is 9.53 Å². The van der Waals surface area contributed by atoms with Gasteiger partial charge in [0.05, 0.1) is 17.6 Å². The highest BCUT2D eigenvalue weighted by Gasteiger charge is 2.23. The molecule has 0 fully saturated rings. The Kier molecular flexibility index (Phi) is 6.67. The molecule has 0 saturated heterocycles. The van der Waals surface area contributed by atoms with Crippen LogP contribution in [0.2, 0.25) is 0 Å². The van der Waals surface area contributed by atoms with E-state index in [-0.39, 0.29) is 11.5 Å². The number of pyridine rings is 1. The lowest BCUT2D eigenvalue weighted by molar-refractivity contribution is -0.119. The van der Waals surface area contributed by atoms with E-state index >= 15 is 0 Å². The summed E-state index contributed by atoms with van der Waals surface area (Å²) in [5.74, 6) is 0.0995. The van der Waals surface area contributed by atoms with Crippen LogP contribution in [0, 0.1) is 20.8 Å². The molecule has 0 atom stereocenters. The SMILES string of the molecule is Cc1cc(C)nc(-n2nc(C)cc2NC(=O)COC(=O)c2cnn(-c3ccccn3)c2C(C)C)n1. The van der Waals surface area contributed by atoms with Crippen LogP contribution in [0.1, 0.15) is 52.9 Å². The molecular formula is C24H26N8O3. The summed E-state index contributed by atoms with van der Waals surface area (Å²) in [6.07, 6.45) is 3.08. The first-order chi connectivity index (χ1) is 16.7. The summed E-state index contributed by atoms with van der Waals surface area (Å²) in [5.41, 5.74) is 3.15. The van der Waals surface area contributed by atoms with Crippen molar-refractivity contribution >= 4 is 17.7 Å². The van der Waals surface area contributed by atoms with Gasteiger partial charge in [0.25, 0.3) is 11.9 Å². The number of aromatic nitrogens is 7. The molecule has 180 valence electrons. The molecule has 4 aromatic heterocycles. The van der Waals surface area contributed by atoms with E-state index in [0.29, 0.717) is 29.0 Å². The smallest absolute Gasteiger partial charge is 0.342 e. The van der Waals surface area contributed by atoms with E-state index in [1.807, 2.05) is 39.8 Å². The molecule has 0 saturated carbocycles. The first-order valence-electron chi connectivity index (χ1n) is 11.1. The molecule has 0 aliphatic heterocycles. The van der Waals surface area contributed by atoms with E-state index in [1.54, 1.807) is 36.0 Å². The van der Waals surface area contributed by atoms with Crippen LogP contribution in [0.4, 0.5) is 5.82 Å². The third kappa shape index (κ3) is 5.24. The maximum atomic E-state index is 12.8. The lowest BCUT2D eigenvalue weighted by Crippen LogP contribution is -2.23. The maximum absolute atomic E-state index is 12.8. The molecule has 1 amide bonds. The Balaban J connectivity index is 1.48. The van der Waals surface area contributed by atoms with E-state index in [9.17, 15) is 9.59 Å². The minimum atomic E-state index is -0.645. The van der Waals surface area contributed by atoms with E-state index < -0.39 is 18.5 Å². The number of anilines is 1. The van der Waals surface area contributed by atoms with Gasteiger partial charge in [0.2, 0.25) is 0 Å². The molecule has 0 aliphatic rings. The number of carbonyl (C=O) groups is 2. The number of aryl methyl sites for hydroxylation is 3. The standard InChI is InChI=1S/C24H26N8O3/c1-14(2)22-18(12-26-31(22)19-8-6-7-9-25-19)23(34)35-13-21(33)29-20-11-17(5)30-32(20)24-27-15(3)10-16(4)28-24/h6-12,14H,13H2,1-5H3,(H,29,33). The number of hydrogen-bond donors (Lipinski definition) is 1. The fourth-order valence-corrected chi connectivity index (χ4v) is 3.66. The molecule has 0 bridgehead atoms. The molecule has 11 nitrogen and oxygen atoms in total. The lowest BCUT2D eigenvalue weighted by atomic mass is 10.1. The quantitative estimate of drug-likeness (QED) is 0.405. The number of carbonyl (C=O) groups excluding carboxylic acids is 2. The summed E-state index contributed by atoms with van der Waals surface area (Å²) in [6, 6.07) is 8.97. The summed E-state index contributed by atoms with van der Waals surface area (Å²) in [4.78, 5) is 38.5. The number of nitrogens with zero attached hydrogens (tertiary/aromatic N) is 7. The van der Waals surface area contributed by atoms with Gasteiger partial charge < -0.3 is 10.1 Å². The van der Waals surface area contributed by atoms with Gasteiger partial charge in [0, 0.05) is 23.7 Å². The van der Waals surface area contributed by atoms with Crippen molar-refractivity contribution in [3.8, 4) is 11.8 Å². The monoisotopic (exact) mass is 474 g/mol. The maximum Gasteiger partial charge on any atom is 0.342 e. The summed E-state index contributed by atoms with van der Waals surface area (Å²) in [6.45, 7) is 8.91. The molecule has 1 N–H and O–H groups in total. The molecule has 0 aliphatic carbocycles. The molecule has 0 radical (unpaired) electrons. The van der Waals surface area contributed by atoms with Crippen molar-refractivity contribution in [3.05, 3.63) is 71.1 Å². The van der Waals surface area contributed by atoms with Crippen molar-refractivity contribution in [2.45, 2.75) is 40.5 Å². The highest BCUT2D eigenvalue weighted by Crippen LogP contribution is 2.23. The zero-order valence-corrected chi connectivity index (χ0v) is 20.2. The summed E-state index contributed by atoms with van der Waals surface area (Å²) in [7, 11) is 0. The van der Waals surface area contributed by atoms with Crippen LogP contribution in [0.15, 0.2) is 42.7 Å². The van der Waals surface area contributed by atoms with Gasteiger partial charge in [-0.3, -0.25) is 4.79 Å². The second kappa shape index (κ2) is 9.84. The van der Waals surface area contributed by atoms with Crippen molar-refractivity contribution in [3.63, 3.8) is 0 Å². The molecule has 35 heavy (non-hydrogen) atoms. The highest BCUT2D eigenvalue weighted by atomic mass is 16.5. The van der Waals surface area contributed by atoms with Crippen LogP contribution in [-0.4, -0.2) is 53.0 Å². The summed E-state index contributed by atoms with van der Waals surface area (Å²) in [5, 5.41) is 11.4. The molecule has 0 spiro atoms. The number of amides is 1. The Morgan fingerprint density at radius 2 is 1.77 bits per heavy atom. The van der Waals surface area contributed by atoms with E-state index in [1.165, 1.54) is 10.9 Å². The lowest BCUT2D eigenvalue weighted by Gasteiger charge is -2.12. The third-order valence-electron chi connectivity index (χ3n) is 5.03. The Hall–Kier alpha value is -4.41. The molecule has 4 aromatic rings. The van der Waals surface area contributed by atoms with Crippen LogP contribution in [0.25, 0.3) is 11.8 Å². The zero-order chi connectivity index (χ0) is 25.1. The topological polar surface area (TPSA) is 130 Å². The second-order valence-corrected chi connectivity index (χ2v) is 8.36. The fraction of sp³-hybridized carbons (Fsp3) is 0.292. The Bertz CT molecular complexity index is 1350. The van der Waals surface area contributed by atoms with Crippen molar-refractivity contribution in [1.82, 2.24) is 34.5 Å². The van der Waals surface area contributed by atoms with Crippen LogP contribution >= 0.6 is 0 Å². The van der Waals surface area contributed by atoms with Crippen molar-refractivity contribution in [2.24, 2.45) is 0 Å². The first-order valence-corrected chi connectivity index (χ1v) is 11.1. The van der Waals surface area contributed by atoms with Gasteiger partial charge in [-0.15, -0.1) is 0 Å². The Morgan fingerprint density at radius 3 is 2.43 bits per heavy atom. The van der Waals surface area contributed by atoms with Gasteiger partial charge >= 0.3 is 5.97 Å². The van der Waals surface area contributed by atoms with Crippen molar-refractivity contribution in [1.29, 1.82) is 0 Å². The molecule has 4 rings (SSSR count). The number of rotatable bonds is 7. The van der Waals surface area contributed by atoms with Gasteiger partial charge in [-0.25, -0.2) is 24.4 Å². The largest absolute Gasteiger partial charge is 0.452 e. The molecule has 0 aromatic carbocycles. The predicted octanol–water partition coefficient (Wildman–Crippen LogP) is 3.09.